The molecule has 0 radical (unpaired) electrons. The third kappa shape index (κ3) is 1.28. The van der Waals surface area contributed by atoms with E-state index in [0.29, 0.717) is 5.92 Å². The predicted octanol–water partition coefficient (Wildman–Crippen LogP) is 2.57. The van der Waals surface area contributed by atoms with E-state index < -0.39 is 0 Å². The molecule has 0 aliphatic heterocycles. The second-order valence-corrected chi connectivity index (χ2v) is 2.82. The highest BCUT2D eigenvalue weighted by Gasteiger charge is 2.09. The molecule has 54 valence electrons. The van der Waals surface area contributed by atoms with Gasteiger partial charge in [-0.1, -0.05) is 36.3 Å². The molecule has 0 saturated heterocycles. The first-order valence-corrected chi connectivity index (χ1v) is 4.00. The van der Waals surface area contributed by atoms with Crippen LogP contribution in [0, 0.1) is 11.8 Å². The van der Waals surface area contributed by atoms with Crippen LogP contribution in [-0.4, -0.2) is 0 Å². The van der Waals surface area contributed by atoms with Gasteiger partial charge < -0.3 is 0 Å². The normalized spacial score (nSPS) is 20.9. The second-order valence-electron chi connectivity index (χ2n) is 2.82. The molecule has 0 fully saturated rings. The smallest absolute Gasteiger partial charge is 0.0461 e. The molecule has 1 atom stereocenters. The Morgan fingerprint density at radius 1 is 1.18 bits per heavy atom. The molecule has 0 heterocycles. The molecule has 1 unspecified atom stereocenters. The molecular weight excluding hydrogens is 132 g/mol. The van der Waals surface area contributed by atoms with Gasteiger partial charge in [0, 0.05) is 12.3 Å². The van der Waals surface area contributed by atoms with Crippen LogP contribution in [0.1, 0.15) is 24.3 Å². The zero-order valence-electron chi connectivity index (χ0n) is 6.38. The Labute approximate surface area is 67.2 Å². The Morgan fingerprint density at radius 3 is 2.64 bits per heavy atom. The molecule has 0 spiro atoms. The first-order chi connectivity index (χ1) is 5.47. The molecule has 11 heavy (non-hydrogen) atoms. The first-order valence-electron chi connectivity index (χ1n) is 4.00. The van der Waals surface area contributed by atoms with Crippen molar-refractivity contribution in [1.82, 2.24) is 0 Å². The predicted molar refractivity (Wildman–Crippen MR) is 46.2 cm³/mol. The minimum Gasteiger partial charge on any atom is -0.103 e. The lowest BCUT2D eigenvalue weighted by molar-refractivity contribution is 0.812. The number of hydrogen-bond acceptors (Lipinski definition) is 0. The average molecular weight is 142 g/mol. The summed E-state index contributed by atoms with van der Waals surface area (Å²) in [4.78, 5) is 0. The van der Waals surface area contributed by atoms with E-state index in [1.807, 2.05) is 6.07 Å². The third-order valence-electron chi connectivity index (χ3n) is 2.04. The van der Waals surface area contributed by atoms with Gasteiger partial charge in [-0.2, -0.15) is 0 Å². The lowest BCUT2D eigenvalue weighted by atomic mass is 9.99. The number of rotatable bonds is 1. The van der Waals surface area contributed by atoms with E-state index in [-0.39, 0.29) is 0 Å². The monoisotopic (exact) mass is 142 g/mol. The van der Waals surface area contributed by atoms with Crippen molar-refractivity contribution >= 4 is 0 Å². The summed E-state index contributed by atoms with van der Waals surface area (Å²) in [7, 11) is 0. The van der Waals surface area contributed by atoms with Crippen LogP contribution in [0.3, 0.4) is 0 Å². The molecule has 0 N–H and O–H groups in total. The molecule has 2 rings (SSSR count). The van der Waals surface area contributed by atoms with Gasteiger partial charge in [0.2, 0.25) is 0 Å². The van der Waals surface area contributed by atoms with E-state index in [1.165, 1.54) is 12.0 Å². The van der Waals surface area contributed by atoms with Crippen LogP contribution in [-0.2, 0) is 0 Å². The van der Waals surface area contributed by atoms with E-state index in [9.17, 15) is 0 Å². The van der Waals surface area contributed by atoms with Crippen LogP contribution in [0.5, 0.6) is 0 Å². The molecule has 0 nitrogen and oxygen atoms in total. The van der Waals surface area contributed by atoms with E-state index in [4.69, 9.17) is 0 Å². The van der Waals surface area contributed by atoms with Gasteiger partial charge in [0.1, 0.15) is 0 Å². The molecule has 0 heteroatoms. The van der Waals surface area contributed by atoms with E-state index in [1.54, 1.807) is 0 Å². The summed E-state index contributed by atoms with van der Waals surface area (Å²) in [6.07, 6.45) is 2.25. The van der Waals surface area contributed by atoms with Crippen molar-refractivity contribution in [3.63, 3.8) is 0 Å². The fourth-order valence-corrected chi connectivity index (χ4v) is 1.42. The topological polar surface area (TPSA) is 0 Å². The van der Waals surface area contributed by atoms with Gasteiger partial charge in [-0.25, -0.2) is 0 Å². The average Bonchev–Trinajstić information content (AvgIpc) is 2.58. The molecule has 0 aromatic heterocycles. The van der Waals surface area contributed by atoms with Crippen LogP contribution < -0.4 is 0 Å². The van der Waals surface area contributed by atoms with Gasteiger partial charge in [-0.15, -0.1) is 5.92 Å². The maximum absolute atomic E-state index is 3.22. The Bertz CT molecular complexity index is 287. The Morgan fingerprint density at radius 2 is 2.00 bits per heavy atom. The van der Waals surface area contributed by atoms with E-state index in [0.717, 1.165) is 6.42 Å². The van der Waals surface area contributed by atoms with Crippen molar-refractivity contribution in [3.8, 4) is 11.8 Å². The van der Waals surface area contributed by atoms with Crippen LogP contribution >= 0.6 is 0 Å². The van der Waals surface area contributed by atoms with Gasteiger partial charge in [0.15, 0.2) is 0 Å². The minimum absolute atomic E-state index is 0.510. The maximum Gasteiger partial charge on any atom is 0.0461 e. The van der Waals surface area contributed by atoms with Crippen LogP contribution in [0.15, 0.2) is 30.3 Å². The Kier molecular flexibility index (Phi) is 1.65. The molecule has 0 saturated carbocycles. The van der Waals surface area contributed by atoms with Crippen LogP contribution in [0.25, 0.3) is 0 Å². The van der Waals surface area contributed by atoms with Gasteiger partial charge in [-0.3, -0.25) is 0 Å². The van der Waals surface area contributed by atoms with Gasteiger partial charge >= 0.3 is 0 Å². The highest BCUT2D eigenvalue weighted by atomic mass is 14.1. The van der Waals surface area contributed by atoms with Crippen molar-refractivity contribution < 1.29 is 0 Å². The molecular formula is C11H10. The summed E-state index contributed by atoms with van der Waals surface area (Å²) in [5.41, 5.74) is 1.37. The molecule has 0 bridgehead atoms. The minimum atomic E-state index is 0.510. The van der Waals surface area contributed by atoms with Gasteiger partial charge in [-0.05, 0) is 12.0 Å². The van der Waals surface area contributed by atoms with E-state index >= 15 is 0 Å². The third-order valence-corrected chi connectivity index (χ3v) is 2.04. The summed E-state index contributed by atoms with van der Waals surface area (Å²) in [5, 5.41) is 0. The zero-order chi connectivity index (χ0) is 7.52. The van der Waals surface area contributed by atoms with Gasteiger partial charge in [0.25, 0.3) is 0 Å². The zero-order valence-corrected chi connectivity index (χ0v) is 6.38. The molecule has 1 aliphatic carbocycles. The van der Waals surface area contributed by atoms with Gasteiger partial charge in [0.05, 0.1) is 0 Å². The second kappa shape index (κ2) is 2.80. The standard InChI is InChI=1S/C11H10/c1-2-6-10(7-3-1)11-8-4-5-9-11/h1-3,6-7,11H,4,8H2. The summed E-state index contributed by atoms with van der Waals surface area (Å²) in [6, 6.07) is 10.5. The Hall–Kier alpha value is -1.22. The fourth-order valence-electron chi connectivity index (χ4n) is 1.42. The summed E-state index contributed by atoms with van der Waals surface area (Å²) in [6.45, 7) is 0. The molecule has 1 aromatic rings. The van der Waals surface area contributed by atoms with Crippen LogP contribution in [0.4, 0.5) is 0 Å². The molecule has 1 aliphatic rings. The highest BCUT2D eigenvalue weighted by Crippen LogP contribution is 2.23. The largest absolute Gasteiger partial charge is 0.103 e. The molecule has 0 amide bonds. The lowest BCUT2D eigenvalue weighted by Gasteiger charge is -2.04. The molecule has 1 aromatic carbocycles. The lowest BCUT2D eigenvalue weighted by Crippen LogP contribution is -1.89. The van der Waals surface area contributed by atoms with E-state index in [2.05, 4.69) is 36.1 Å². The highest BCUT2D eigenvalue weighted by molar-refractivity contribution is 5.30. The summed E-state index contributed by atoms with van der Waals surface area (Å²) in [5.74, 6) is 6.85. The quantitative estimate of drug-likeness (QED) is 0.529. The van der Waals surface area contributed by atoms with Crippen molar-refractivity contribution in [2.75, 3.05) is 0 Å². The number of hydrogen-bond donors (Lipinski definition) is 0. The summed E-state index contributed by atoms with van der Waals surface area (Å²) < 4.78 is 0. The summed E-state index contributed by atoms with van der Waals surface area (Å²) >= 11 is 0. The maximum atomic E-state index is 3.22. The van der Waals surface area contributed by atoms with Crippen molar-refractivity contribution in [2.24, 2.45) is 0 Å². The van der Waals surface area contributed by atoms with Crippen molar-refractivity contribution in [1.29, 1.82) is 0 Å². The fraction of sp³-hybridized carbons (Fsp3) is 0.273. The van der Waals surface area contributed by atoms with Crippen molar-refractivity contribution in [3.05, 3.63) is 35.9 Å². The SMILES string of the molecule is C1#CC(c2ccccc2)CC1. The first kappa shape index (κ1) is 6.49. The van der Waals surface area contributed by atoms with Crippen molar-refractivity contribution in [2.45, 2.75) is 18.8 Å². The Balaban J connectivity index is 2.25. The number of benzene rings is 1. The van der Waals surface area contributed by atoms with Crippen LogP contribution in [0.2, 0.25) is 0 Å².